The lowest BCUT2D eigenvalue weighted by molar-refractivity contribution is 0.380. The minimum atomic E-state index is 0.659. The molecular weight excluding hydrogens is 228 g/mol. The largest absolute Gasteiger partial charge is 0.384 e. The number of nitrogens with zero attached hydrogens (tertiary/aromatic N) is 1. The molecule has 1 unspecified atom stereocenters. The highest BCUT2D eigenvalue weighted by Crippen LogP contribution is 2.35. The van der Waals surface area contributed by atoms with E-state index in [2.05, 4.69) is 34.7 Å². The monoisotopic (exact) mass is 248 g/mol. The second-order valence-electron chi connectivity index (χ2n) is 5.11. The van der Waals surface area contributed by atoms with Gasteiger partial charge < -0.3 is 5.32 Å². The van der Waals surface area contributed by atoms with E-state index in [4.69, 9.17) is 0 Å². The molecule has 3 heteroatoms. The molecule has 0 aliphatic carbocycles. The van der Waals surface area contributed by atoms with Crippen LogP contribution in [0.4, 0.5) is 5.69 Å². The Balaban J connectivity index is 1.73. The van der Waals surface area contributed by atoms with E-state index in [1.807, 2.05) is 11.9 Å². The van der Waals surface area contributed by atoms with Crippen LogP contribution in [-0.2, 0) is 0 Å². The zero-order chi connectivity index (χ0) is 11.7. The van der Waals surface area contributed by atoms with E-state index < -0.39 is 0 Å². The number of fused-ring (bicyclic) bond motifs is 1. The van der Waals surface area contributed by atoms with Crippen LogP contribution in [0.5, 0.6) is 0 Å². The summed E-state index contributed by atoms with van der Waals surface area (Å²) in [7, 11) is 0. The van der Waals surface area contributed by atoms with E-state index in [1.165, 1.54) is 48.5 Å². The predicted molar refractivity (Wildman–Crippen MR) is 74.6 cm³/mol. The Morgan fingerprint density at radius 1 is 1.24 bits per heavy atom. The summed E-state index contributed by atoms with van der Waals surface area (Å²) < 4.78 is 2.51. The molecule has 3 rings (SSSR count). The van der Waals surface area contributed by atoms with E-state index in [9.17, 15) is 0 Å². The van der Waals surface area contributed by atoms with Crippen LogP contribution < -0.4 is 5.32 Å². The van der Waals surface area contributed by atoms with Crippen LogP contribution in [0, 0.1) is 0 Å². The Morgan fingerprint density at radius 3 is 2.88 bits per heavy atom. The van der Waals surface area contributed by atoms with Gasteiger partial charge in [-0.1, -0.05) is 13.3 Å². The summed E-state index contributed by atoms with van der Waals surface area (Å²) >= 11 is 1.94. The molecule has 1 atom stereocenters. The molecule has 2 aliphatic rings. The number of piperidine rings is 1. The second kappa shape index (κ2) is 4.91. The number of rotatable bonds is 2. The van der Waals surface area contributed by atoms with Crippen molar-refractivity contribution in [2.45, 2.75) is 37.0 Å². The molecule has 2 aliphatic heterocycles. The lowest BCUT2D eigenvalue weighted by atomic mass is 10.0. The molecule has 0 amide bonds. The third-order valence-electron chi connectivity index (χ3n) is 3.70. The van der Waals surface area contributed by atoms with Gasteiger partial charge in [0.2, 0.25) is 0 Å². The van der Waals surface area contributed by atoms with Crippen LogP contribution in [-0.4, -0.2) is 23.9 Å². The summed E-state index contributed by atoms with van der Waals surface area (Å²) in [6.07, 6.45) is 4.12. The van der Waals surface area contributed by atoms with Crippen molar-refractivity contribution in [3.63, 3.8) is 0 Å². The molecule has 1 saturated heterocycles. The molecule has 0 bridgehead atoms. The molecule has 0 aromatic heterocycles. The van der Waals surface area contributed by atoms with Gasteiger partial charge in [0.1, 0.15) is 0 Å². The smallest absolute Gasteiger partial charge is 0.0377 e. The van der Waals surface area contributed by atoms with Crippen LogP contribution in [0.3, 0.4) is 0 Å². The van der Waals surface area contributed by atoms with E-state index in [0.29, 0.717) is 5.92 Å². The standard InChI is InChI=1S/C14H20N2S/c1-11-10-15-14-6-5-12(9-13(11)14)17-16-7-3-2-4-8-16/h5-6,9,11,15H,2-4,7-8,10H2,1H3. The number of nitrogens with one attached hydrogen (secondary N) is 1. The maximum Gasteiger partial charge on any atom is 0.0377 e. The number of anilines is 1. The van der Waals surface area contributed by atoms with Crippen LogP contribution in [0.1, 0.15) is 37.7 Å². The maximum atomic E-state index is 3.46. The minimum absolute atomic E-state index is 0.659. The van der Waals surface area contributed by atoms with E-state index >= 15 is 0 Å². The summed E-state index contributed by atoms with van der Waals surface area (Å²) in [5, 5.41) is 3.46. The third kappa shape index (κ3) is 2.45. The molecule has 2 heterocycles. The summed E-state index contributed by atoms with van der Waals surface area (Å²) in [6, 6.07) is 6.87. The van der Waals surface area contributed by atoms with Gasteiger partial charge in [-0.3, -0.25) is 0 Å². The van der Waals surface area contributed by atoms with Crippen molar-refractivity contribution in [2.75, 3.05) is 25.0 Å². The van der Waals surface area contributed by atoms with Crippen LogP contribution in [0.2, 0.25) is 0 Å². The predicted octanol–water partition coefficient (Wildman–Crippen LogP) is 3.71. The molecule has 0 saturated carbocycles. The van der Waals surface area contributed by atoms with Crippen molar-refractivity contribution < 1.29 is 0 Å². The Morgan fingerprint density at radius 2 is 2.06 bits per heavy atom. The van der Waals surface area contributed by atoms with Crippen LogP contribution >= 0.6 is 11.9 Å². The van der Waals surface area contributed by atoms with Crippen molar-refractivity contribution in [3.05, 3.63) is 23.8 Å². The average molecular weight is 248 g/mol. The molecule has 0 spiro atoms. The molecule has 17 heavy (non-hydrogen) atoms. The van der Waals surface area contributed by atoms with Crippen LogP contribution in [0.25, 0.3) is 0 Å². The zero-order valence-corrected chi connectivity index (χ0v) is 11.2. The molecule has 2 nitrogen and oxygen atoms in total. The topological polar surface area (TPSA) is 15.3 Å². The van der Waals surface area contributed by atoms with Gasteiger partial charge in [0.05, 0.1) is 0 Å². The van der Waals surface area contributed by atoms with Gasteiger partial charge >= 0.3 is 0 Å². The van der Waals surface area contributed by atoms with E-state index in [1.54, 1.807) is 0 Å². The molecule has 1 aromatic rings. The van der Waals surface area contributed by atoms with Gasteiger partial charge in [0, 0.05) is 36.1 Å². The van der Waals surface area contributed by atoms with E-state index in [0.717, 1.165) is 6.54 Å². The van der Waals surface area contributed by atoms with E-state index in [-0.39, 0.29) is 0 Å². The third-order valence-corrected chi connectivity index (χ3v) is 4.79. The Labute approximate surface area is 108 Å². The fraction of sp³-hybridized carbons (Fsp3) is 0.571. The van der Waals surface area contributed by atoms with Gasteiger partial charge in [-0.25, -0.2) is 4.31 Å². The Bertz CT molecular complexity index is 399. The van der Waals surface area contributed by atoms with Crippen molar-refractivity contribution >= 4 is 17.6 Å². The number of benzene rings is 1. The van der Waals surface area contributed by atoms with Crippen LogP contribution in [0.15, 0.2) is 23.1 Å². The highest BCUT2D eigenvalue weighted by atomic mass is 32.2. The molecular formula is C14H20N2S. The molecule has 0 radical (unpaired) electrons. The number of hydrogen-bond donors (Lipinski definition) is 1. The first-order valence-corrected chi connectivity index (χ1v) is 7.41. The minimum Gasteiger partial charge on any atom is -0.384 e. The first-order chi connectivity index (χ1) is 8.33. The summed E-state index contributed by atoms with van der Waals surface area (Å²) in [5.74, 6) is 0.659. The molecule has 1 aromatic carbocycles. The Kier molecular flexibility index (Phi) is 3.30. The first kappa shape index (κ1) is 11.4. The lowest BCUT2D eigenvalue weighted by Gasteiger charge is -2.25. The number of hydrogen-bond acceptors (Lipinski definition) is 3. The highest BCUT2D eigenvalue weighted by molar-refractivity contribution is 7.97. The Hall–Kier alpha value is -0.670. The fourth-order valence-corrected chi connectivity index (χ4v) is 3.69. The highest BCUT2D eigenvalue weighted by Gasteiger charge is 2.19. The van der Waals surface area contributed by atoms with Gasteiger partial charge in [-0.15, -0.1) is 0 Å². The fourth-order valence-electron chi connectivity index (χ4n) is 2.64. The van der Waals surface area contributed by atoms with Gasteiger partial charge in [-0.2, -0.15) is 0 Å². The van der Waals surface area contributed by atoms with Gasteiger partial charge in [0.15, 0.2) is 0 Å². The first-order valence-electron chi connectivity index (χ1n) is 6.64. The maximum absolute atomic E-state index is 3.46. The quantitative estimate of drug-likeness (QED) is 0.803. The molecule has 92 valence electrons. The zero-order valence-electron chi connectivity index (χ0n) is 10.4. The van der Waals surface area contributed by atoms with Crippen molar-refractivity contribution in [3.8, 4) is 0 Å². The van der Waals surface area contributed by atoms with Gasteiger partial charge in [0.25, 0.3) is 0 Å². The summed E-state index contributed by atoms with van der Waals surface area (Å²) in [6.45, 7) is 5.88. The SMILES string of the molecule is CC1CNc2ccc(SN3CCCCC3)cc21. The van der Waals surface area contributed by atoms with Gasteiger partial charge in [-0.05, 0) is 48.6 Å². The molecule has 1 fully saturated rings. The summed E-state index contributed by atoms with van der Waals surface area (Å²) in [4.78, 5) is 1.40. The molecule has 1 N–H and O–H groups in total. The summed E-state index contributed by atoms with van der Waals surface area (Å²) in [5.41, 5.74) is 2.83. The lowest BCUT2D eigenvalue weighted by Crippen LogP contribution is -2.22. The van der Waals surface area contributed by atoms with Crippen molar-refractivity contribution in [1.29, 1.82) is 0 Å². The normalized spacial score (nSPS) is 24.4. The average Bonchev–Trinajstić information content (AvgIpc) is 2.73. The van der Waals surface area contributed by atoms with Crippen molar-refractivity contribution in [1.82, 2.24) is 4.31 Å². The second-order valence-corrected chi connectivity index (χ2v) is 6.28. The van der Waals surface area contributed by atoms with Crippen molar-refractivity contribution in [2.24, 2.45) is 0 Å².